The number of hydrogen-bond acceptors (Lipinski definition) is 6. The maximum atomic E-state index is 14.2. The minimum Gasteiger partial charge on any atom is -0.481 e. The predicted molar refractivity (Wildman–Crippen MR) is 130 cm³/mol. The van der Waals surface area contributed by atoms with Crippen LogP contribution in [0.1, 0.15) is 70.4 Å². The maximum Gasteiger partial charge on any atom is 0.430 e. The van der Waals surface area contributed by atoms with Gasteiger partial charge in [-0.25, -0.2) is 13.8 Å². The zero-order valence-corrected chi connectivity index (χ0v) is 22.3. The lowest BCUT2D eigenvalue weighted by Crippen LogP contribution is -2.54. The number of likely N-dealkylation sites (tertiary alicyclic amines) is 1. The van der Waals surface area contributed by atoms with Gasteiger partial charge in [-0.3, -0.25) is 14.4 Å². The molecule has 1 aliphatic carbocycles. The molecule has 230 valence electrons. The number of benzene rings is 1. The van der Waals surface area contributed by atoms with E-state index in [0.29, 0.717) is 30.2 Å². The van der Waals surface area contributed by atoms with Crippen LogP contribution in [0.5, 0.6) is 0 Å². The number of nitrogens with zero attached hydrogens (tertiary/aromatic N) is 2. The lowest BCUT2D eigenvalue weighted by atomic mass is 9.80. The van der Waals surface area contributed by atoms with E-state index in [4.69, 9.17) is 5.11 Å². The summed E-state index contributed by atoms with van der Waals surface area (Å²) in [5.74, 6) is -3.40. The highest BCUT2D eigenvalue weighted by Crippen LogP contribution is 2.51. The average molecular weight is 630 g/mol. The summed E-state index contributed by atoms with van der Waals surface area (Å²) in [7, 11) is 0. The van der Waals surface area contributed by atoms with E-state index in [9.17, 15) is 54.6 Å². The molecule has 0 radical (unpaired) electrons. The first-order valence-corrected chi connectivity index (χ1v) is 13.3. The average Bonchev–Trinajstić information content (AvgIpc) is 3.49. The molecule has 1 aliphatic heterocycles. The second-order valence-electron chi connectivity index (χ2n) is 10.2. The number of rotatable bonds is 7. The van der Waals surface area contributed by atoms with Crippen LogP contribution in [0.25, 0.3) is 10.4 Å². The smallest absolute Gasteiger partial charge is 0.430 e. The molecule has 4 rings (SSSR count). The number of carbonyl (C=O) groups excluding carboxylic acids is 2. The lowest BCUT2D eigenvalue weighted by Gasteiger charge is -2.33. The number of carboxylic acids is 1. The second kappa shape index (κ2) is 11.1. The zero-order valence-electron chi connectivity index (χ0n) is 21.5. The number of hydrogen-bond donors (Lipinski definition) is 3. The largest absolute Gasteiger partial charge is 0.481 e. The van der Waals surface area contributed by atoms with E-state index in [1.807, 2.05) is 0 Å². The van der Waals surface area contributed by atoms with E-state index in [2.05, 4.69) is 10.3 Å². The van der Waals surface area contributed by atoms with Gasteiger partial charge in [0, 0.05) is 35.3 Å². The summed E-state index contributed by atoms with van der Waals surface area (Å²) >= 11 is 0.421. The third-order valence-corrected chi connectivity index (χ3v) is 8.52. The van der Waals surface area contributed by atoms with Gasteiger partial charge in [0.15, 0.2) is 5.01 Å². The van der Waals surface area contributed by atoms with Crippen molar-refractivity contribution in [3.05, 3.63) is 40.0 Å². The van der Waals surface area contributed by atoms with Crippen molar-refractivity contribution in [3.63, 3.8) is 0 Å². The van der Waals surface area contributed by atoms with Gasteiger partial charge in [0.25, 0.3) is 23.8 Å². The number of carboxylic acid groups (broad SMARTS) is 1. The molecule has 2 fully saturated rings. The molecule has 0 bridgehead atoms. The van der Waals surface area contributed by atoms with Gasteiger partial charge in [0.1, 0.15) is 5.69 Å². The number of aliphatic hydroxyl groups is 1. The highest BCUT2D eigenvalue weighted by atomic mass is 32.1. The molecule has 1 aromatic heterocycles. The Morgan fingerprint density at radius 2 is 1.71 bits per heavy atom. The van der Waals surface area contributed by atoms with Gasteiger partial charge in [-0.15, -0.1) is 11.3 Å². The van der Waals surface area contributed by atoms with E-state index in [1.165, 1.54) is 4.90 Å². The summed E-state index contributed by atoms with van der Waals surface area (Å²) in [5.41, 5.74) is -9.90. The lowest BCUT2D eigenvalue weighted by molar-refractivity contribution is -0.376. The molecular formula is C25H23F8N3O5S. The number of halogens is 8. The number of amides is 2. The molecule has 1 saturated carbocycles. The van der Waals surface area contributed by atoms with Crippen LogP contribution in [0.15, 0.2) is 18.2 Å². The summed E-state index contributed by atoms with van der Waals surface area (Å²) < 4.78 is 109. The van der Waals surface area contributed by atoms with Crippen LogP contribution in [0.2, 0.25) is 0 Å². The van der Waals surface area contributed by atoms with Crippen LogP contribution in [-0.4, -0.2) is 68.9 Å². The Balaban J connectivity index is 1.81. The van der Waals surface area contributed by atoms with Crippen LogP contribution >= 0.6 is 11.3 Å². The summed E-state index contributed by atoms with van der Waals surface area (Å²) in [5, 5.41) is 20.8. The Hall–Kier alpha value is -3.34. The third kappa shape index (κ3) is 5.55. The molecule has 8 nitrogen and oxygen atoms in total. The van der Waals surface area contributed by atoms with Gasteiger partial charge in [-0.2, -0.15) is 26.3 Å². The third-order valence-electron chi connectivity index (χ3n) is 7.43. The van der Waals surface area contributed by atoms with Crippen molar-refractivity contribution in [1.82, 2.24) is 15.2 Å². The van der Waals surface area contributed by atoms with E-state index >= 15 is 0 Å². The quantitative estimate of drug-likeness (QED) is 0.359. The van der Waals surface area contributed by atoms with Crippen molar-refractivity contribution in [1.29, 1.82) is 0 Å². The predicted octanol–water partition coefficient (Wildman–Crippen LogP) is 5.28. The molecule has 2 amide bonds. The van der Waals surface area contributed by atoms with Crippen molar-refractivity contribution in [2.75, 3.05) is 6.54 Å². The molecule has 42 heavy (non-hydrogen) atoms. The number of carbonyl (C=O) groups is 3. The van der Waals surface area contributed by atoms with Crippen molar-refractivity contribution >= 4 is 29.1 Å². The van der Waals surface area contributed by atoms with E-state index in [-0.39, 0.29) is 37.6 Å². The fourth-order valence-electron chi connectivity index (χ4n) is 4.96. The number of aromatic nitrogens is 1. The van der Waals surface area contributed by atoms with Crippen LogP contribution in [-0.2, 0) is 10.4 Å². The van der Waals surface area contributed by atoms with Gasteiger partial charge >= 0.3 is 18.3 Å². The minimum atomic E-state index is -6.32. The van der Waals surface area contributed by atoms with E-state index < -0.39 is 86.4 Å². The first kappa shape index (κ1) is 31.6. The zero-order chi connectivity index (χ0) is 31.4. The highest BCUT2D eigenvalue weighted by molar-refractivity contribution is 7.17. The van der Waals surface area contributed by atoms with Gasteiger partial charge < -0.3 is 20.4 Å². The molecule has 3 N–H and O–H groups in total. The first-order chi connectivity index (χ1) is 19.4. The van der Waals surface area contributed by atoms with Crippen molar-refractivity contribution < 1.29 is 59.7 Å². The Bertz CT molecular complexity index is 1370. The molecule has 2 aromatic rings. The molecular weight excluding hydrogens is 606 g/mol. The standard InChI is InChI=1S/C25H23F8N3O5S/c1-10-3-2-6-36(10)21(38)16-17(42-20(35-16)19(37)34-13-7-11(8-13)22(39)40)14-5-4-12(9-15(14)18(26)27)23(41,24(28,29)30)25(31,32)33/h4-5,9-11,13,18,41H,2-3,6-8H2,1H3,(H,34,37)(H,39,40). The SMILES string of the molecule is CC1CCCN1C(=O)c1nc(C(=O)NC2CC(C(=O)O)C2)sc1-c1ccc(C(O)(C(F)(F)F)C(F)(F)F)cc1C(F)F. The maximum absolute atomic E-state index is 14.2. The van der Waals surface area contributed by atoms with Crippen LogP contribution in [0.3, 0.4) is 0 Å². The highest BCUT2D eigenvalue weighted by Gasteiger charge is 2.71. The van der Waals surface area contributed by atoms with Crippen molar-refractivity contribution in [3.8, 4) is 10.4 Å². The van der Waals surface area contributed by atoms with E-state index in [0.717, 1.165) is 0 Å². The number of alkyl halides is 8. The van der Waals surface area contributed by atoms with Crippen LogP contribution in [0.4, 0.5) is 35.1 Å². The Kier molecular flexibility index (Phi) is 8.32. The van der Waals surface area contributed by atoms with Crippen LogP contribution in [0, 0.1) is 5.92 Å². The van der Waals surface area contributed by atoms with Crippen molar-refractivity contribution in [2.45, 2.75) is 69.1 Å². The van der Waals surface area contributed by atoms with Gasteiger partial charge in [0.05, 0.1) is 10.8 Å². The van der Waals surface area contributed by atoms with Gasteiger partial charge in [-0.1, -0.05) is 12.1 Å². The molecule has 1 atom stereocenters. The van der Waals surface area contributed by atoms with Crippen LogP contribution < -0.4 is 5.32 Å². The monoisotopic (exact) mass is 629 g/mol. The van der Waals surface area contributed by atoms with Gasteiger partial charge in [-0.05, 0) is 38.7 Å². The number of thiazole rings is 1. The molecule has 1 unspecified atom stereocenters. The van der Waals surface area contributed by atoms with Gasteiger partial charge in [0.2, 0.25) is 0 Å². The Morgan fingerprint density at radius 1 is 1.10 bits per heavy atom. The molecule has 1 saturated heterocycles. The fourth-order valence-corrected chi connectivity index (χ4v) is 5.97. The summed E-state index contributed by atoms with van der Waals surface area (Å²) in [6.07, 6.45) is -14.9. The molecule has 1 aromatic carbocycles. The minimum absolute atomic E-state index is 0.106. The number of aliphatic carboxylic acids is 1. The molecule has 17 heteroatoms. The Labute approximate surface area is 236 Å². The normalized spacial score (nSPS) is 21.4. The topological polar surface area (TPSA) is 120 Å². The molecule has 2 heterocycles. The summed E-state index contributed by atoms with van der Waals surface area (Å²) in [6.45, 7) is 1.95. The summed E-state index contributed by atoms with van der Waals surface area (Å²) in [4.78, 5) is 42.3. The molecule has 0 spiro atoms. The van der Waals surface area contributed by atoms with E-state index in [1.54, 1.807) is 6.92 Å². The fraction of sp³-hybridized carbons (Fsp3) is 0.520. The molecule has 2 aliphatic rings. The Morgan fingerprint density at radius 3 is 2.21 bits per heavy atom. The number of nitrogens with one attached hydrogen (secondary N) is 1. The van der Waals surface area contributed by atoms with Crippen molar-refractivity contribution in [2.24, 2.45) is 5.92 Å². The summed E-state index contributed by atoms with van der Waals surface area (Å²) in [6, 6.07) is -0.329. The second-order valence-corrected chi connectivity index (χ2v) is 11.2. The first-order valence-electron chi connectivity index (χ1n) is 12.5.